The van der Waals surface area contributed by atoms with Crippen LogP contribution in [-0.2, 0) is 10.0 Å². The topological polar surface area (TPSA) is 46.2 Å². The van der Waals surface area contributed by atoms with Crippen molar-refractivity contribution in [3.8, 4) is 0 Å². The molecule has 0 aromatic heterocycles. The maximum Gasteiger partial charge on any atom is 0.211 e. The third-order valence-electron chi connectivity index (χ3n) is 3.30. The van der Waals surface area contributed by atoms with Gasteiger partial charge >= 0.3 is 0 Å². The van der Waals surface area contributed by atoms with Crippen molar-refractivity contribution in [2.75, 3.05) is 17.6 Å². The number of halogens is 1. The van der Waals surface area contributed by atoms with Crippen LogP contribution in [0.4, 0.5) is 0 Å². The molecule has 16 heavy (non-hydrogen) atoms. The first-order chi connectivity index (χ1) is 7.59. The zero-order valence-corrected chi connectivity index (χ0v) is 12.3. The van der Waals surface area contributed by atoms with Crippen LogP contribution in [0.15, 0.2) is 0 Å². The number of hydrogen-bond acceptors (Lipinski definition) is 2. The van der Waals surface area contributed by atoms with Crippen molar-refractivity contribution in [1.29, 1.82) is 0 Å². The lowest BCUT2D eigenvalue weighted by Crippen LogP contribution is -2.35. The lowest BCUT2D eigenvalue weighted by Gasteiger charge is -2.30. The molecule has 0 bridgehead atoms. The summed E-state index contributed by atoms with van der Waals surface area (Å²) in [6, 6.07) is 0. The van der Waals surface area contributed by atoms with E-state index in [0.717, 1.165) is 11.8 Å². The normalized spacial score (nSPS) is 26.9. The Morgan fingerprint density at radius 2 is 1.88 bits per heavy atom. The number of hydrogen-bond donors (Lipinski definition) is 1. The standard InChI is InChI=1S/C11H22BrNO2S/c1-2-7-16(14,15)13-9-11-6-4-3-5-10(11)8-12/h10-11,13H,2-9H2,1H3. The molecule has 96 valence electrons. The minimum atomic E-state index is -3.03. The summed E-state index contributed by atoms with van der Waals surface area (Å²) in [5.74, 6) is 1.40. The molecular formula is C11H22BrNO2S. The SMILES string of the molecule is CCCS(=O)(=O)NCC1CCCCC1CBr. The molecule has 0 aromatic rings. The number of sulfonamides is 1. The van der Waals surface area contributed by atoms with E-state index in [2.05, 4.69) is 20.7 Å². The van der Waals surface area contributed by atoms with E-state index in [1.165, 1.54) is 19.3 Å². The first-order valence-electron chi connectivity index (χ1n) is 6.12. The summed E-state index contributed by atoms with van der Waals surface area (Å²) in [6.45, 7) is 2.51. The van der Waals surface area contributed by atoms with Crippen LogP contribution in [0, 0.1) is 11.8 Å². The van der Waals surface area contributed by atoms with Gasteiger partial charge in [-0.3, -0.25) is 0 Å². The fourth-order valence-corrected chi connectivity index (χ4v) is 4.33. The molecule has 2 unspecified atom stereocenters. The fraction of sp³-hybridized carbons (Fsp3) is 1.00. The Bertz CT molecular complexity index is 292. The van der Waals surface area contributed by atoms with Crippen molar-refractivity contribution >= 4 is 26.0 Å². The summed E-state index contributed by atoms with van der Waals surface area (Å²) in [5, 5.41) is 0.993. The van der Waals surface area contributed by atoms with Gasteiger partial charge in [-0.05, 0) is 31.1 Å². The van der Waals surface area contributed by atoms with Crippen molar-refractivity contribution in [3.05, 3.63) is 0 Å². The first-order valence-corrected chi connectivity index (χ1v) is 8.89. The van der Waals surface area contributed by atoms with E-state index < -0.39 is 10.0 Å². The molecule has 3 nitrogen and oxygen atoms in total. The summed E-state index contributed by atoms with van der Waals surface area (Å²) in [7, 11) is -3.03. The molecule has 0 spiro atoms. The Hall–Kier alpha value is 0.390. The van der Waals surface area contributed by atoms with Gasteiger partial charge in [0.15, 0.2) is 0 Å². The highest BCUT2D eigenvalue weighted by Crippen LogP contribution is 2.30. The lowest BCUT2D eigenvalue weighted by atomic mass is 9.80. The predicted molar refractivity (Wildman–Crippen MR) is 71.3 cm³/mol. The molecule has 5 heteroatoms. The summed E-state index contributed by atoms with van der Waals surface area (Å²) in [4.78, 5) is 0. The van der Waals surface area contributed by atoms with Crippen molar-refractivity contribution in [1.82, 2.24) is 4.72 Å². The average molecular weight is 312 g/mol. The maximum atomic E-state index is 11.5. The Morgan fingerprint density at radius 1 is 1.25 bits per heavy atom. The highest BCUT2D eigenvalue weighted by molar-refractivity contribution is 9.09. The molecule has 2 atom stereocenters. The molecule has 0 heterocycles. The summed E-state index contributed by atoms with van der Waals surface area (Å²) < 4.78 is 25.8. The van der Waals surface area contributed by atoms with Crippen molar-refractivity contribution < 1.29 is 8.42 Å². The lowest BCUT2D eigenvalue weighted by molar-refractivity contribution is 0.263. The van der Waals surface area contributed by atoms with Gasteiger partial charge in [-0.2, -0.15) is 0 Å². The van der Waals surface area contributed by atoms with Crippen LogP contribution in [0.1, 0.15) is 39.0 Å². The highest BCUT2D eigenvalue weighted by atomic mass is 79.9. The highest BCUT2D eigenvalue weighted by Gasteiger charge is 2.25. The second-order valence-electron chi connectivity index (χ2n) is 4.63. The van der Waals surface area contributed by atoms with Crippen LogP contribution >= 0.6 is 15.9 Å². The molecule has 1 aliphatic carbocycles. The fourth-order valence-electron chi connectivity index (χ4n) is 2.33. The molecular weight excluding hydrogens is 290 g/mol. The van der Waals surface area contributed by atoms with Crippen molar-refractivity contribution in [2.24, 2.45) is 11.8 Å². The van der Waals surface area contributed by atoms with E-state index in [1.807, 2.05) is 6.92 Å². The van der Waals surface area contributed by atoms with Gasteiger partial charge in [0.2, 0.25) is 10.0 Å². The third-order valence-corrected chi connectivity index (χ3v) is 5.69. The van der Waals surface area contributed by atoms with Gasteiger partial charge in [0.25, 0.3) is 0 Å². The summed E-state index contributed by atoms with van der Waals surface area (Å²) >= 11 is 3.53. The van der Waals surface area contributed by atoms with E-state index in [1.54, 1.807) is 0 Å². The van der Waals surface area contributed by atoms with Gasteiger partial charge in [-0.25, -0.2) is 13.1 Å². The van der Waals surface area contributed by atoms with Gasteiger partial charge < -0.3 is 0 Å². The molecule has 0 aromatic carbocycles. The van der Waals surface area contributed by atoms with Gasteiger partial charge in [0.05, 0.1) is 5.75 Å². The molecule has 0 aliphatic heterocycles. The summed E-state index contributed by atoms with van der Waals surface area (Å²) in [5.41, 5.74) is 0. The maximum absolute atomic E-state index is 11.5. The molecule has 0 radical (unpaired) electrons. The second kappa shape index (κ2) is 6.97. The molecule has 1 saturated carbocycles. The van der Waals surface area contributed by atoms with Crippen LogP contribution in [0.25, 0.3) is 0 Å². The van der Waals surface area contributed by atoms with Gasteiger partial charge in [0, 0.05) is 11.9 Å². The van der Waals surface area contributed by atoms with E-state index in [4.69, 9.17) is 0 Å². The van der Waals surface area contributed by atoms with Crippen LogP contribution in [-0.4, -0.2) is 26.0 Å². The van der Waals surface area contributed by atoms with Crippen molar-refractivity contribution in [3.63, 3.8) is 0 Å². The third kappa shape index (κ3) is 4.72. The van der Waals surface area contributed by atoms with Crippen LogP contribution < -0.4 is 4.72 Å². The Labute approximate surface area is 108 Å². The van der Waals surface area contributed by atoms with Crippen LogP contribution in [0.2, 0.25) is 0 Å². The Kier molecular flexibility index (Phi) is 6.29. The minimum absolute atomic E-state index is 0.249. The van der Waals surface area contributed by atoms with E-state index >= 15 is 0 Å². The monoisotopic (exact) mass is 311 g/mol. The smallest absolute Gasteiger partial charge is 0.211 e. The molecule has 1 aliphatic rings. The second-order valence-corrected chi connectivity index (χ2v) is 7.20. The number of rotatable bonds is 6. The predicted octanol–water partition coefficient (Wildman–Crippen LogP) is 2.52. The Morgan fingerprint density at radius 3 is 2.44 bits per heavy atom. The molecule has 1 fully saturated rings. The van der Waals surface area contributed by atoms with Gasteiger partial charge in [-0.1, -0.05) is 35.7 Å². The van der Waals surface area contributed by atoms with Crippen LogP contribution in [0.3, 0.4) is 0 Å². The number of alkyl halides is 1. The molecule has 0 amide bonds. The molecule has 1 N–H and O–H groups in total. The Balaban J connectivity index is 2.41. The molecule has 1 rings (SSSR count). The van der Waals surface area contributed by atoms with E-state index in [-0.39, 0.29) is 5.75 Å². The quantitative estimate of drug-likeness (QED) is 0.766. The first kappa shape index (κ1) is 14.5. The van der Waals surface area contributed by atoms with Crippen molar-refractivity contribution in [2.45, 2.75) is 39.0 Å². The minimum Gasteiger partial charge on any atom is -0.215 e. The summed E-state index contributed by atoms with van der Waals surface area (Å²) in [6.07, 6.45) is 5.59. The van der Waals surface area contributed by atoms with E-state index in [0.29, 0.717) is 24.8 Å². The average Bonchev–Trinajstić information content (AvgIpc) is 2.27. The van der Waals surface area contributed by atoms with Gasteiger partial charge in [0.1, 0.15) is 0 Å². The van der Waals surface area contributed by atoms with Crippen LogP contribution in [0.5, 0.6) is 0 Å². The zero-order chi connectivity index (χ0) is 12.0. The molecule has 0 saturated heterocycles. The van der Waals surface area contributed by atoms with Gasteiger partial charge in [-0.15, -0.1) is 0 Å². The van der Waals surface area contributed by atoms with E-state index in [9.17, 15) is 8.42 Å². The number of nitrogens with one attached hydrogen (secondary N) is 1. The zero-order valence-electron chi connectivity index (χ0n) is 9.91. The largest absolute Gasteiger partial charge is 0.215 e.